The summed E-state index contributed by atoms with van der Waals surface area (Å²) >= 11 is 1.73. The number of hydrogen-bond donors (Lipinski definition) is 0. The first-order valence-electron chi connectivity index (χ1n) is 6.91. The molecule has 3 aromatic carbocycles. The predicted octanol–water partition coefficient (Wildman–Crippen LogP) is 5.62. The van der Waals surface area contributed by atoms with E-state index in [9.17, 15) is 0 Å². The van der Waals surface area contributed by atoms with Crippen LogP contribution in [0.5, 0.6) is 0 Å². The van der Waals surface area contributed by atoms with Gasteiger partial charge >= 0.3 is 0 Å². The quantitative estimate of drug-likeness (QED) is 0.466. The average molecular weight is 287 g/mol. The third-order valence-electron chi connectivity index (χ3n) is 3.52. The molecule has 21 heavy (non-hydrogen) atoms. The molecule has 1 aromatic heterocycles. The fourth-order valence-electron chi connectivity index (χ4n) is 2.48. The van der Waals surface area contributed by atoms with E-state index in [1.165, 1.54) is 21.0 Å². The molecule has 0 N–H and O–H groups in total. The van der Waals surface area contributed by atoms with Gasteiger partial charge in [-0.2, -0.15) is 0 Å². The van der Waals surface area contributed by atoms with Gasteiger partial charge in [0, 0.05) is 5.39 Å². The Balaban J connectivity index is 1.80. The van der Waals surface area contributed by atoms with Crippen LogP contribution >= 0.6 is 11.3 Å². The summed E-state index contributed by atoms with van der Waals surface area (Å²) in [5.74, 6) is 0. The van der Waals surface area contributed by atoms with E-state index in [2.05, 4.69) is 60.7 Å². The molecule has 100 valence electrons. The lowest BCUT2D eigenvalue weighted by molar-refractivity contribution is 1.48. The summed E-state index contributed by atoms with van der Waals surface area (Å²) in [7, 11) is 0. The first kappa shape index (κ1) is 12.3. The van der Waals surface area contributed by atoms with Crippen LogP contribution in [0, 0.1) is 0 Å². The highest BCUT2D eigenvalue weighted by atomic mass is 32.1. The van der Waals surface area contributed by atoms with Crippen LogP contribution in [-0.4, -0.2) is 4.98 Å². The zero-order chi connectivity index (χ0) is 14.1. The summed E-state index contributed by atoms with van der Waals surface area (Å²) in [5.41, 5.74) is 2.30. The van der Waals surface area contributed by atoms with Crippen LogP contribution in [0.4, 0.5) is 0 Å². The van der Waals surface area contributed by atoms with Crippen LogP contribution in [-0.2, 0) is 0 Å². The number of rotatable bonds is 2. The van der Waals surface area contributed by atoms with Crippen molar-refractivity contribution >= 4 is 44.5 Å². The van der Waals surface area contributed by atoms with E-state index in [0.717, 1.165) is 10.5 Å². The molecule has 0 aliphatic rings. The molecule has 0 aliphatic heterocycles. The van der Waals surface area contributed by atoms with Gasteiger partial charge < -0.3 is 0 Å². The SMILES string of the molecule is C(=Cc1nc2c(ccc3ccccc32)s1)c1ccccc1. The molecule has 0 radical (unpaired) electrons. The molecule has 4 aromatic rings. The summed E-state index contributed by atoms with van der Waals surface area (Å²) in [4.78, 5) is 4.79. The monoisotopic (exact) mass is 287 g/mol. The van der Waals surface area contributed by atoms with E-state index in [0.29, 0.717) is 0 Å². The Bertz CT molecular complexity index is 936. The van der Waals surface area contributed by atoms with E-state index in [-0.39, 0.29) is 0 Å². The molecule has 0 aliphatic carbocycles. The lowest BCUT2D eigenvalue weighted by Gasteiger charge is -1.96. The molecule has 0 saturated heterocycles. The summed E-state index contributed by atoms with van der Waals surface area (Å²) in [6.45, 7) is 0. The van der Waals surface area contributed by atoms with Gasteiger partial charge in [-0.25, -0.2) is 4.98 Å². The van der Waals surface area contributed by atoms with Crippen molar-refractivity contribution in [1.82, 2.24) is 4.98 Å². The van der Waals surface area contributed by atoms with Crippen LogP contribution in [0.2, 0.25) is 0 Å². The van der Waals surface area contributed by atoms with E-state index in [1.54, 1.807) is 11.3 Å². The Labute approximate surface area is 127 Å². The Hall–Kier alpha value is -2.45. The molecular formula is C19H13NS. The standard InChI is InChI=1S/C19H13NS/c1-2-6-14(7-3-1)10-13-18-20-19-16-9-5-4-8-15(16)11-12-17(19)21-18/h1-13H. The Morgan fingerprint density at radius 3 is 2.48 bits per heavy atom. The fraction of sp³-hybridized carbons (Fsp3) is 0. The molecule has 0 fully saturated rings. The highest BCUT2D eigenvalue weighted by molar-refractivity contribution is 7.19. The zero-order valence-electron chi connectivity index (χ0n) is 11.4. The van der Waals surface area contributed by atoms with Crippen LogP contribution < -0.4 is 0 Å². The molecular weight excluding hydrogens is 274 g/mol. The Morgan fingerprint density at radius 2 is 1.57 bits per heavy atom. The van der Waals surface area contributed by atoms with Gasteiger partial charge in [-0.05, 0) is 23.1 Å². The zero-order valence-corrected chi connectivity index (χ0v) is 12.2. The number of fused-ring (bicyclic) bond motifs is 3. The number of thiazole rings is 1. The Morgan fingerprint density at radius 1 is 0.762 bits per heavy atom. The second-order valence-corrected chi connectivity index (χ2v) is 5.99. The fourth-order valence-corrected chi connectivity index (χ4v) is 3.37. The smallest absolute Gasteiger partial charge is 0.117 e. The molecule has 0 spiro atoms. The molecule has 0 saturated carbocycles. The second kappa shape index (κ2) is 5.15. The third kappa shape index (κ3) is 2.34. The number of benzene rings is 3. The predicted molar refractivity (Wildman–Crippen MR) is 92.5 cm³/mol. The van der Waals surface area contributed by atoms with Gasteiger partial charge in [0.05, 0.1) is 10.2 Å². The second-order valence-electron chi connectivity index (χ2n) is 4.93. The molecule has 1 heterocycles. The average Bonchev–Trinajstić information content (AvgIpc) is 2.97. The minimum absolute atomic E-state index is 1.05. The van der Waals surface area contributed by atoms with Gasteiger partial charge in [0.25, 0.3) is 0 Å². The van der Waals surface area contributed by atoms with Crippen LogP contribution in [0.3, 0.4) is 0 Å². The van der Waals surface area contributed by atoms with Crippen molar-refractivity contribution in [2.45, 2.75) is 0 Å². The van der Waals surface area contributed by atoms with Gasteiger partial charge in [0.15, 0.2) is 0 Å². The van der Waals surface area contributed by atoms with Crippen molar-refractivity contribution in [1.29, 1.82) is 0 Å². The lowest BCUT2D eigenvalue weighted by atomic mass is 10.1. The molecule has 4 rings (SSSR count). The van der Waals surface area contributed by atoms with Crippen molar-refractivity contribution in [3.8, 4) is 0 Å². The summed E-state index contributed by atoms with van der Waals surface area (Å²) < 4.78 is 1.24. The first-order chi connectivity index (χ1) is 10.4. The highest BCUT2D eigenvalue weighted by Crippen LogP contribution is 2.29. The van der Waals surface area contributed by atoms with Crippen molar-refractivity contribution in [2.24, 2.45) is 0 Å². The number of hydrogen-bond acceptors (Lipinski definition) is 2. The number of aromatic nitrogens is 1. The van der Waals surface area contributed by atoms with Crippen molar-refractivity contribution in [3.05, 3.63) is 77.3 Å². The summed E-state index contributed by atoms with van der Waals surface area (Å²) in [6.07, 6.45) is 4.20. The third-order valence-corrected chi connectivity index (χ3v) is 4.50. The minimum atomic E-state index is 1.05. The molecule has 0 atom stereocenters. The van der Waals surface area contributed by atoms with E-state index in [4.69, 9.17) is 4.98 Å². The molecule has 0 amide bonds. The molecule has 0 bridgehead atoms. The van der Waals surface area contributed by atoms with Crippen molar-refractivity contribution in [2.75, 3.05) is 0 Å². The van der Waals surface area contributed by atoms with Gasteiger partial charge in [0.2, 0.25) is 0 Å². The van der Waals surface area contributed by atoms with E-state index >= 15 is 0 Å². The topological polar surface area (TPSA) is 12.9 Å². The maximum absolute atomic E-state index is 4.79. The van der Waals surface area contributed by atoms with Crippen LogP contribution in [0.1, 0.15) is 10.6 Å². The highest BCUT2D eigenvalue weighted by Gasteiger charge is 2.05. The first-order valence-corrected chi connectivity index (χ1v) is 7.73. The normalized spacial score (nSPS) is 11.6. The van der Waals surface area contributed by atoms with E-state index in [1.807, 2.05) is 18.2 Å². The van der Waals surface area contributed by atoms with Gasteiger partial charge in [-0.3, -0.25) is 0 Å². The van der Waals surface area contributed by atoms with Crippen LogP contribution in [0.25, 0.3) is 33.1 Å². The Kier molecular flexibility index (Phi) is 3.02. The van der Waals surface area contributed by atoms with Gasteiger partial charge in [-0.1, -0.05) is 66.7 Å². The van der Waals surface area contributed by atoms with Crippen molar-refractivity contribution in [3.63, 3.8) is 0 Å². The molecule has 2 heteroatoms. The maximum Gasteiger partial charge on any atom is 0.117 e. The van der Waals surface area contributed by atoms with E-state index < -0.39 is 0 Å². The summed E-state index contributed by atoms with van der Waals surface area (Å²) in [5, 5.41) is 3.52. The minimum Gasteiger partial charge on any atom is -0.236 e. The van der Waals surface area contributed by atoms with Gasteiger partial charge in [-0.15, -0.1) is 11.3 Å². The lowest BCUT2D eigenvalue weighted by Crippen LogP contribution is -1.75. The number of nitrogens with zero attached hydrogens (tertiary/aromatic N) is 1. The molecule has 0 unspecified atom stereocenters. The van der Waals surface area contributed by atoms with Crippen LogP contribution in [0.15, 0.2) is 66.7 Å². The molecule has 1 nitrogen and oxygen atoms in total. The maximum atomic E-state index is 4.79. The van der Waals surface area contributed by atoms with Gasteiger partial charge in [0.1, 0.15) is 5.01 Å². The summed E-state index contributed by atoms with van der Waals surface area (Å²) in [6, 6.07) is 23.1. The van der Waals surface area contributed by atoms with Crippen molar-refractivity contribution < 1.29 is 0 Å². The largest absolute Gasteiger partial charge is 0.236 e.